The molecule has 1 atom stereocenters. The summed E-state index contributed by atoms with van der Waals surface area (Å²) in [6.07, 6.45) is 0.297. The second kappa shape index (κ2) is 6.43. The summed E-state index contributed by atoms with van der Waals surface area (Å²) in [4.78, 5) is 25.1. The van der Waals surface area contributed by atoms with Crippen molar-refractivity contribution in [3.8, 4) is 0 Å². The highest BCUT2D eigenvalue weighted by Crippen LogP contribution is 2.20. The van der Waals surface area contributed by atoms with Crippen molar-refractivity contribution in [1.82, 2.24) is 4.90 Å². The summed E-state index contributed by atoms with van der Waals surface area (Å²) < 4.78 is 35.5. The number of carbonyl (C=O) groups excluding carboxylic acids is 2. The Hall–Kier alpha value is -1.96. The first-order chi connectivity index (χ1) is 10.3. The van der Waals surface area contributed by atoms with E-state index < -0.39 is 27.5 Å². The minimum absolute atomic E-state index is 0.0129. The minimum Gasteiger partial charge on any atom is -0.336 e. The summed E-state index contributed by atoms with van der Waals surface area (Å²) in [6, 6.07) is 5.26. The molecule has 0 unspecified atom stereocenters. The summed E-state index contributed by atoms with van der Waals surface area (Å²) in [6.45, 7) is -0.188. The molecular weight excluding hydrogens is 311 g/mol. The van der Waals surface area contributed by atoms with Gasteiger partial charge in [-0.2, -0.15) is 0 Å². The minimum atomic E-state index is -3.14. The second-order valence-corrected chi connectivity index (χ2v) is 7.58. The fourth-order valence-electron chi connectivity index (χ4n) is 2.33. The predicted octanol–water partition coefficient (Wildman–Crippen LogP) is 0.657. The number of hydrogen-bond donors (Lipinski definition) is 1. The molecule has 8 heteroatoms. The Morgan fingerprint density at radius 3 is 2.50 bits per heavy atom. The van der Waals surface area contributed by atoms with Crippen molar-refractivity contribution in [2.45, 2.75) is 6.42 Å². The third-order valence-corrected chi connectivity index (χ3v) is 5.23. The number of hydrogen-bond acceptors (Lipinski definition) is 4. The molecule has 0 saturated carbocycles. The van der Waals surface area contributed by atoms with Crippen LogP contribution in [0.25, 0.3) is 0 Å². The van der Waals surface area contributed by atoms with Crippen molar-refractivity contribution < 1.29 is 22.4 Å². The van der Waals surface area contributed by atoms with Crippen LogP contribution < -0.4 is 5.32 Å². The maximum Gasteiger partial charge on any atom is 0.243 e. The molecule has 0 aromatic heterocycles. The molecule has 22 heavy (non-hydrogen) atoms. The van der Waals surface area contributed by atoms with Crippen LogP contribution in [0.4, 0.5) is 10.1 Å². The van der Waals surface area contributed by atoms with E-state index in [0.717, 1.165) is 0 Å². The van der Waals surface area contributed by atoms with Gasteiger partial charge in [0.1, 0.15) is 5.82 Å². The van der Waals surface area contributed by atoms with E-state index >= 15 is 0 Å². The highest BCUT2D eigenvalue weighted by molar-refractivity contribution is 7.91. The van der Waals surface area contributed by atoms with E-state index in [2.05, 4.69) is 5.32 Å². The van der Waals surface area contributed by atoms with Gasteiger partial charge in [-0.3, -0.25) is 9.59 Å². The Morgan fingerprint density at radius 1 is 1.32 bits per heavy atom. The lowest BCUT2D eigenvalue weighted by Crippen LogP contribution is -2.39. The number of halogens is 1. The molecule has 1 N–H and O–H groups in total. The standard InChI is InChI=1S/C14H17FN2O4S/c1-17(14(19)10-6-7-22(20,21)9-10)8-13(18)16-12-4-2-11(15)3-5-12/h2-5,10H,6-9H2,1H3,(H,16,18)/t10-/m1/s1. The lowest BCUT2D eigenvalue weighted by molar-refractivity contribution is -0.136. The average Bonchev–Trinajstić information content (AvgIpc) is 2.80. The highest BCUT2D eigenvalue weighted by Gasteiger charge is 2.34. The van der Waals surface area contributed by atoms with E-state index in [4.69, 9.17) is 0 Å². The quantitative estimate of drug-likeness (QED) is 0.880. The van der Waals surface area contributed by atoms with Gasteiger partial charge in [0.05, 0.1) is 24.0 Å². The first-order valence-electron chi connectivity index (χ1n) is 6.78. The number of benzene rings is 1. The highest BCUT2D eigenvalue weighted by atomic mass is 32.2. The maximum atomic E-state index is 12.8. The molecule has 1 aromatic rings. The van der Waals surface area contributed by atoms with Gasteiger partial charge in [-0.25, -0.2) is 12.8 Å². The number of nitrogens with zero attached hydrogens (tertiary/aromatic N) is 1. The van der Waals surface area contributed by atoms with E-state index in [0.29, 0.717) is 12.1 Å². The molecule has 120 valence electrons. The van der Waals surface area contributed by atoms with Crippen LogP contribution in [0.1, 0.15) is 6.42 Å². The van der Waals surface area contributed by atoms with Crippen LogP contribution in [0.2, 0.25) is 0 Å². The van der Waals surface area contributed by atoms with E-state index in [1.54, 1.807) is 0 Å². The molecule has 1 aliphatic heterocycles. The zero-order valence-corrected chi connectivity index (χ0v) is 12.9. The van der Waals surface area contributed by atoms with Gasteiger partial charge in [0, 0.05) is 12.7 Å². The number of carbonyl (C=O) groups is 2. The van der Waals surface area contributed by atoms with Crippen LogP contribution in [0.15, 0.2) is 24.3 Å². The summed E-state index contributed by atoms with van der Waals surface area (Å²) >= 11 is 0. The first-order valence-corrected chi connectivity index (χ1v) is 8.60. The summed E-state index contributed by atoms with van der Waals surface area (Å²) in [5.74, 6) is -1.91. The number of amides is 2. The van der Waals surface area contributed by atoms with Crippen LogP contribution in [-0.2, 0) is 19.4 Å². The van der Waals surface area contributed by atoms with Crippen LogP contribution in [0.3, 0.4) is 0 Å². The molecule has 6 nitrogen and oxygen atoms in total. The van der Waals surface area contributed by atoms with Crippen molar-refractivity contribution in [2.24, 2.45) is 5.92 Å². The van der Waals surface area contributed by atoms with Crippen molar-refractivity contribution in [2.75, 3.05) is 30.4 Å². The topological polar surface area (TPSA) is 83.6 Å². The van der Waals surface area contributed by atoms with Gasteiger partial charge in [-0.05, 0) is 30.7 Å². The monoisotopic (exact) mass is 328 g/mol. The van der Waals surface area contributed by atoms with E-state index in [-0.39, 0.29) is 24.0 Å². The van der Waals surface area contributed by atoms with Gasteiger partial charge in [0.2, 0.25) is 11.8 Å². The van der Waals surface area contributed by atoms with Gasteiger partial charge < -0.3 is 10.2 Å². The zero-order valence-electron chi connectivity index (χ0n) is 12.1. The molecule has 0 bridgehead atoms. The predicted molar refractivity (Wildman–Crippen MR) is 79.4 cm³/mol. The fourth-order valence-corrected chi connectivity index (χ4v) is 4.06. The zero-order chi connectivity index (χ0) is 16.3. The van der Waals surface area contributed by atoms with Crippen molar-refractivity contribution in [1.29, 1.82) is 0 Å². The summed E-state index contributed by atoms with van der Waals surface area (Å²) in [5, 5.41) is 2.54. The molecule has 1 aliphatic rings. The SMILES string of the molecule is CN(CC(=O)Nc1ccc(F)cc1)C(=O)[C@@H]1CCS(=O)(=O)C1. The Kier molecular flexibility index (Phi) is 4.80. The molecule has 1 saturated heterocycles. The van der Waals surface area contributed by atoms with E-state index in [9.17, 15) is 22.4 Å². The van der Waals surface area contributed by atoms with Crippen LogP contribution in [0.5, 0.6) is 0 Å². The van der Waals surface area contributed by atoms with Crippen LogP contribution in [-0.4, -0.2) is 50.2 Å². The first kappa shape index (κ1) is 16.4. The van der Waals surface area contributed by atoms with Crippen molar-refractivity contribution in [3.05, 3.63) is 30.1 Å². The third kappa shape index (κ3) is 4.27. The van der Waals surface area contributed by atoms with Crippen molar-refractivity contribution >= 4 is 27.3 Å². The normalized spacial score (nSPS) is 19.6. The van der Waals surface area contributed by atoms with Crippen LogP contribution >= 0.6 is 0 Å². The average molecular weight is 328 g/mol. The maximum absolute atomic E-state index is 12.8. The lowest BCUT2D eigenvalue weighted by Gasteiger charge is -2.19. The van der Waals surface area contributed by atoms with Gasteiger partial charge in [-0.1, -0.05) is 0 Å². The van der Waals surface area contributed by atoms with E-state index in [1.807, 2.05) is 0 Å². The smallest absolute Gasteiger partial charge is 0.243 e. The van der Waals surface area contributed by atoms with E-state index in [1.165, 1.54) is 36.2 Å². The molecule has 1 heterocycles. The molecule has 1 aromatic carbocycles. The van der Waals surface area contributed by atoms with Gasteiger partial charge >= 0.3 is 0 Å². The third-order valence-electron chi connectivity index (χ3n) is 3.47. The molecule has 0 aliphatic carbocycles. The second-order valence-electron chi connectivity index (χ2n) is 5.35. The number of nitrogens with one attached hydrogen (secondary N) is 1. The molecule has 0 radical (unpaired) electrons. The summed E-state index contributed by atoms with van der Waals surface area (Å²) in [5.41, 5.74) is 0.427. The number of likely N-dealkylation sites (N-methyl/N-ethyl adjacent to an activating group) is 1. The Morgan fingerprint density at radius 2 is 1.95 bits per heavy atom. The fraction of sp³-hybridized carbons (Fsp3) is 0.429. The molecule has 1 fully saturated rings. The largest absolute Gasteiger partial charge is 0.336 e. The number of rotatable bonds is 4. The molecular formula is C14H17FN2O4S. The molecule has 2 rings (SSSR count). The summed E-state index contributed by atoms with van der Waals surface area (Å²) in [7, 11) is -1.68. The Balaban J connectivity index is 1.88. The van der Waals surface area contributed by atoms with Crippen molar-refractivity contribution in [3.63, 3.8) is 0 Å². The van der Waals surface area contributed by atoms with Gasteiger partial charge in [-0.15, -0.1) is 0 Å². The number of sulfone groups is 1. The number of anilines is 1. The Bertz CT molecular complexity index is 673. The molecule has 2 amide bonds. The van der Waals surface area contributed by atoms with Gasteiger partial charge in [0.15, 0.2) is 9.84 Å². The molecule has 0 spiro atoms. The van der Waals surface area contributed by atoms with Gasteiger partial charge in [0.25, 0.3) is 0 Å². The van der Waals surface area contributed by atoms with Crippen LogP contribution in [0, 0.1) is 11.7 Å². The Labute approximate surface area is 128 Å². The lowest BCUT2D eigenvalue weighted by atomic mass is 10.1.